The maximum absolute atomic E-state index is 13.0. The first-order valence-electron chi connectivity index (χ1n) is 9.65. The summed E-state index contributed by atoms with van der Waals surface area (Å²) in [6.45, 7) is 10.4. The molecule has 0 aliphatic heterocycles. The monoisotopic (exact) mass is 382 g/mol. The van der Waals surface area contributed by atoms with E-state index in [2.05, 4.69) is 5.32 Å². The molecule has 5 heteroatoms. The molecule has 0 bridgehead atoms. The lowest BCUT2D eigenvalue weighted by atomic mass is 10.1. The van der Waals surface area contributed by atoms with E-state index in [9.17, 15) is 9.59 Å². The van der Waals surface area contributed by atoms with Crippen molar-refractivity contribution < 1.29 is 14.3 Å². The molecule has 0 saturated carbocycles. The van der Waals surface area contributed by atoms with Gasteiger partial charge in [0.25, 0.3) is 5.91 Å². The van der Waals surface area contributed by atoms with E-state index in [0.29, 0.717) is 18.8 Å². The normalized spacial score (nSPS) is 11.6. The van der Waals surface area contributed by atoms with Gasteiger partial charge in [-0.3, -0.25) is 9.59 Å². The number of aryl methyl sites for hydroxylation is 2. The molecule has 0 saturated heterocycles. The van der Waals surface area contributed by atoms with Gasteiger partial charge in [-0.1, -0.05) is 42.0 Å². The lowest BCUT2D eigenvalue weighted by molar-refractivity contribution is -0.142. The van der Waals surface area contributed by atoms with E-state index in [4.69, 9.17) is 4.74 Å². The van der Waals surface area contributed by atoms with E-state index >= 15 is 0 Å². The van der Waals surface area contributed by atoms with Crippen LogP contribution in [0.25, 0.3) is 0 Å². The Bertz CT molecular complexity index is 815. The third-order valence-corrected chi connectivity index (χ3v) is 4.90. The van der Waals surface area contributed by atoms with Gasteiger partial charge in [-0.05, 0) is 57.4 Å². The average Bonchev–Trinajstić information content (AvgIpc) is 2.68. The minimum absolute atomic E-state index is 0.111. The van der Waals surface area contributed by atoms with Gasteiger partial charge in [0.1, 0.15) is 11.8 Å². The van der Waals surface area contributed by atoms with Crippen LogP contribution < -0.4 is 10.1 Å². The van der Waals surface area contributed by atoms with Crippen LogP contribution >= 0.6 is 0 Å². The van der Waals surface area contributed by atoms with Gasteiger partial charge in [-0.15, -0.1) is 0 Å². The minimum Gasteiger partial charge on any atom is -0.483 e. The molecule has 0 heterocycles. The van der Waals surface area contributed by atoms with Crippen LogP contribution in [0, 0.1) is 20.8 Å². The Morgan fingerprint density at radius 3 is 2.39 bits per heavy atom. The van der Waals surface area contributed by atoms with Crippen molar-refractivity contribution in [2.75, 3.05) is 13.2 Å². The first-order chi connectivity index (χ1) is 13.3. The van der Waals surface area contributed by atoms with E-state index in [-0.39, 0.29) is 18.4 Å². The molecule has 1 atom stereocenters. The largest absolute Gasteiger partial charge is 0.483 e. The third-order valence-electron chi connectivity index (χ3n) is 4.90. The number of nitrogens with one attached hydrogen (secondary N) is 1. The van der Waals surface area contributed by atoms with Crippen molar-refractivity contribution in [2.24, 2.45) is 0 Å². The van der Waals surface area contributed by atoms with Crippen LogP contribution in [-0.2, 0) is 16.1 Å². The first-order valence-corrected chi connectivity index (χ1v) is 9.65. The van der Waals surface area contributed by atoms with Gasteiger partial charge in [-0.25, -0.2) is 0 Å². The summed E-state index contributed by atoms with van der Waals surface area (Å²) in [6, 6.07) is 13.1. The fraction of sp³-hybridized carbons (Fsp3) is 0.391. The van der Waals surface area contributed by atoms with Gasteiger partial charge < -0.3 is 15.0 Å². The van der Waals surface area contributed by atoms with E-state index in [0.717, 1.165) is 22.3 Å². The highest BCUT2D eigenvalue weighted by Crippen LogP contribution is 2.21. The Kier molecular flexibility index (Phi) is 7.61. The second kappa shape index (κ2) is 9.93. The number of benzene rings is 2. The fourth-order valence-electron chi connectivity index (χ4n) is 2.90. The third kappa shape index (κ3) is 5.59. The number of hydrogen-bond donors (Lipinski definition) is 1. The number of amides is 2. The molecule has 0 spiro atoms. The zero-order valence-electron chi connectivity index (χ0n) is 17.4. The molecule has 0 aromatic heterocycles. The smallest absolute Gasteiger partial charge is 0.261 e. The van der Waals surface area contributed by atoms with Crippen LogP contribution in [0.1, 0.15) is 36.1 Å². The maximum atomic E-state index is 13.0. The second-order valence-corrected chi connectivity index (χ2v) is 7.06. The molecule has 2 aromatic rings. The summed E-state index contributed by atoms with van der Waals surface area (Å²) >= 11 is 0. The average molecular weight is 383 g/mol. The molecule has 2 rings (SSSR count). The van der Waals surface area contributed by atoms with Gasteiger partial charge in [0, 0.05) is 13.1 Å². The highest BCUT2D eigenvalue weighted by Gasteiger charge is 2.26. The van der Waals surface area contributed by atoms with Crippen LogP contribution in [0.15, 0.2) is 42.5 Å². The van der Waals surface area contributed by atoms with Crippen LogP contribution in [0.2, 0.25) is 0 Å². The zero-order valence-corrected chi connectivity index (χ0v) is 17.4. The zero-order chi connectivity index (χ0) is 20.7. The van der Waals surface area contributed by atoms with E-state index in [1.54, 1.807) is 11.8 Å². The molecule has 1 N–H and O–H groups in total. The van der Waals surface area contributed by atoms with E-state index < -0.39 is 6.04 Å². The Hall–Kier alpha value is -2.82. The second-order valence-electron chi connectivity index (χ2n) is 7.06. The highest BCUT2D eigenvalue weighted by atomic mass is 16.5. The highest BCUT2D eigenvalue weighted by molar-refractivity contribution is 5.87. The van der Waals surface area contributed by atoms with Crippen molar-refractivity contribution >= 4 is 11.8 Å². The quantitative estimate of drug-likeness (QED) is 0.760. The molecule has 0 aliphatic carbocycles. The molecule has 28 heavy (non-hydrogen) atoms. The van der Waals surface area contributed by atoms with Gasteiger partial charge in [0.2, 0.25) is 5.91 Å². The SMILES string of the molecule is CCNC(=O)C(C)N(Cc1ccc(C)cc1)C(=O)COc1cccc(C)c1C. The molecule has 0 fully saturated rings. The Balaban J connectivity index is 2.16. The number of nitrogens with zero attached hydrogens (tertiary/aromatic N) is 1. The molecule has 0 radical (unpaired) electrons. The summed E-state index contributed by atoms with van der Waals surface area (Å²) in [6.07, 6.45) is 0. The maximum Gasteiger partial charge on any atom is 0.261 e. The molecule has 1 unspecified atom stereocenters. The number of likely N-dealkylation sites (N-methyl/N-ethyl adjacent to an activating group) is 1. The lowest BCUT2D eigenvalue weighted by Gasteiger charge is -2.28. The molecule has 0 aliphatic rings. The Morgan fingerprint density at radius 2 is 1.75 bits per heavy atom. The van der Waals surface area contributed by atoms with Gasteiger partial charge in [0.15, 0.2) is 6.61 Å². The van der Waals surface area contributed by atoms with Crippen molar-refractivity contribution in [2.45, 2.75) is 47.2 Å². The Morgan fingerprint density at radius 1 is 1.07 bits per heavy atom. The van der Waals surface area contributed by atoms with Crippen LogP contribution in [0.5, 0.6) is 5.75 Å². The number of hydrogen-bond acceptors (Lipinski definition) is 3. The first kappa shape index (κ1) is 21.5. The van der Waals surface area contributed by atoms with E-state index in [1.807, 2.05) is 70.2 Å². The molecule has 2 amide bonds. The summed E-state index contributed by atoms with van der Waals surface area (Å²) in [5.74, 6) is 0.296. The number of carbonyl (C=O) groups excluding carboxylic acids is 2. The predicted octanol–water partition coefficient (Wildman–Crippen LogP) is 3.54. The summed E-state index contributed by atoms with van der Waals surface area (Å²) in [5, 5.41) is 2.79. The number of ether oxygens (including phenoxy) is 1. The van der Waals surface area contributed by atoms with Crippen molar-refractivity contribution in [3.05, 3.63) is 64.7 Å². The van der Waals surface area contributed by atoms with Crippen molar-refractivity contribution in [1.82, 2.24) is 10.2 Å². The van der Waals surface area contributed by atoms with Gasteiger partial charge in [-0.2, -0.15) is 0 Å². The van der Waals surface area contributed by atoms with Crippen LogP contribution in [0.4, 0.5) is 0 Å². The van der Waals surface area contributed by atoms with E-state index in [1.165, 1.54) is 0 Å². The standard InChI is InChI=1S/C23H30N2O3/c1-6-24-23(27)19(5)25(14-20-12-10-16(2)11-13-20)22(26)15-28-21-9-7-8-17(3)18(21)4/h7-13,19H,6,14-15H2,1-5H3,(H,24,27). The summed E-state index contributed by atoms with van der Waals surface area (Å²) < 4.78 is 5.78. The summed E-state index contributed by atoms with van der Waals surface area (Å²) in [5.41, 5.74) is 4.24. The Labute approximate surface area is 167 Å². The summed E-state index contributed by atoms with van der Waals surface area (Å²) in [7, 11) is 0. The van der Waals surface area contributed by atoms with Crippen LogP contribution in [-0.4, -0.2) is 35.9 Å². The molecule has 5 nitrogen and oxygen atoms in total. The molecule has 150 valence electrons. The topological polar surface area (TPSA) is 58.6 Å². The minimum atomic E-state index is -0.587. The van der Waals surface area contributed by atoms with Gasteiger partial charge in [0.05, 0.1) is 0 Å². The van der Waals surface area contributed by atoms with Crippen molar-refractivity contribution in [1.29, 1.82) is 0 Å². The fourth-order valence-corrected chi connectivity index (χ4v) is 2.90. The predicted molar refractivity (Wildman–Crippen MR) is 111 cm³/mol. The van der Waals surface area contributed by atoms with Crippen molar-refractivity contribution in [3.63, 3.8) is 0 Å². The number of carbonyl (C=O) groups is 2. The molecule has 2 aromatic carbocycles. The summed E-state index contributed by atoms with van der Waals surface area (Å²) in [4.78, 5) is 26.9. The number of rotatable bonds is 8. The molecular weight excluding hydrogens is 352 g/mol. The van der Waals surface area contributed by atoms with Crippen LogP contribution in [0.3, 0.4) is 0 Å². The lowest BCUT2D eigenvalue weighted by Crippen LogP contribution is -2.49. The van der Waals surface area contributed by atoms with Gasteiger partial charge >= 0.3 is 0 Å². The molecular formula is C23H30N2O3. The van der Waals surface area contributed by atoms with Crippen molar-refractivity contribution in [3.8, 4) is 5.75 Å².